The van der Waals surface area contributed by atoms with E-state index in [9.17, 15) is 8.42 Å². The maximum atomic E-state index is 11.2. The molecule has 12 heavy (non-hydrogen) atoms. The standard InChI is InChI=1S/C8H17NO2S/c1-5-6-8(7-9(2)3)12(4,10)11/h5,8H,1,6-7H2,2-4H3. The highest BCUT2D eigenvalue weighted by atomic mass is 32.2. The van der Waals surface area contributed by atoms with Crippen molar-refractivity contribution in [2.24, 2.45) is 0 Å². The minimum absolute atomic E-state index is 0.315. The van der Waals surface area contributed by atoms with Crippen LogP contribution in [0.2, 0.25) is 0 Å². The first-order chi connectivity index (χ1) is 5.38. The van der Waals surface area contributed by atoms with E-state index < -0.39 is 9.84 Å². The Morgan fingerprint density at radius 3 is 2.25 bits per heavy atom. The summed E-state index contributed by atoms with van der Waals surface area (Å²) in [5.74, 6) is 0. The Labute approximate surface area is 75.0 Å². The van der Waals surface area contributed by atoms with Crippen LogP contribution in [0.3, 0.4) is 0 Å². The van der Waals surface area contributed by atoms with Gasteiger partial charge >= 0.3 is 0 Å². The maximum Gasteiger partial charge on any atom is 0.151 e. The van der Waals surface area contributed by atoms with Gasteiger partial charge in [-0.2, -0.15) is 0 Å². The highest BCUT2D eigenvalue weighted by Crippen LogP contribution is 2.05. The largest absolute Gasteiger partial charge is 0.308 e. The number of nitrogens with zero attached hydrogens (tertiary/aromatic N) is 1. The fourth-order valence-electron chi connectivity index (χ4n) is 0.978. The van der Waals surface area contributed by atoms with Crippen LogP contribution in [0.25, 0.3) is 0 Å². The Bertz CT molecular complexity index is 231. The van der Waals surface area contributed by atoms with Gasteiger partial charge in [0.25, 0.3) is 0 Å². The van der Waals surface area contributed by atoms with Gasteiger partial charge in [0.05, 0.1) is 5.25 Å². The molecule has 0 bridgehead atoms. The molecule has 0 radical (unpaired) electrons. The average Bonchev–Trinajstić information content (AvgIpc) is 1.83. The Morgan fingerprint density at radius 1 is 1.50 bits per heavy atom. The van der Waals surface area contributed by atoms with Gasteiger partial charge in [0.2, 0.25) is 0 Å². The maximum absolute atomic E-state index is 11.2. The molecular weight excluding hydrogens is 174 g/mol. The molecule has 1 unspecified atom stereocenters. The van der Waals surface area contributed by atoms with Crippen LogP contribution < -0.4 is 0 Å². The van der Waals surface area contributed by atoms with E-state index in [1.54, 1.807) is 6.08 Å². The van der Waals surface area contributed by atoms with Crippen LogP contribution in [0.5, 0.6) is 0 Å². The van der Waals surface area contributed by atoms with E-state index >= 15 is 0 Å². The van der Waals surface area contributed by atoms with Gasteiger partial charge in [0.1, 0.15) is 0 Å². The van der Waals surface area contributed by atoms with Crippen LogP contribution in [-0.2, 0) is 9.84 Å². The summed E-state index contributed by atoms with van der Waals surface area (Å²) in [4.78, 5) is 1.87. The number of sulfone groups is 1. The topological polar surface area (TPSA) is 37.4 Å². The van der Waals surface area contributed by atoms with Crippen LogP contribution in [0.4, 0.5) is 0 Å². The van der Waals surface area contributed by atoms with Crippen LogP contribution >= 0.6 is 0 Å². The van der Waals surface area contributed by atoms with Crippen LogP contribution in [0.15, 0.2) is 12.7 Å². The quantitative estimate of drug-likeness (QED) is 0.595. The first-order valence-electron chi connectivity index (χ1n) is 3.82. The van der Waals surface area contributed by atoms with Gasteiger partial charge < -0.3 is 4.90 Å². The Morgan fingerprint density at radius 2 is 2.00 bits per heavy atom. The van der Waals surface area contributed by atoms with Crippen molar-refractivity contribution in [3.8, 4) is 0 Å². The Kier molecular flexibility index (Phi) is 4.49. The van der Waals surface area contributed by atoms with E-state index in [-0.39, 0.29) is 5.25 Å². The minimum Gasteiger partial charge on any atom is -0.308 e. The van der Waals surface area contributed by atoms with E-state index in [0.717, 1.165) is 0 Å². The molecule has 1 atom stereocenters. The minimum atomic E-state index is -2.94. The predicted octanol–water partition coefficient (Wildman–Crippen LogP) is 0.537. The monoisotopic (exact) mass is 191 g/mol. The Balaban J connectivity index is 4.34. The molecule has 0 amide bonds. The van der Waals surface area contributed by atoms with Crippen molar-refractivity contribution in [2.75, 3.05) is 26.9 Å². The van der Waals surface area contributed by atoms with E-state index in [1.165, 1.54) is 6.26 Å². The highest BCUT2D eigenvalue weighted by Gasteiger charge is 2.19. The number of allylic oxidation sites excluding steroid dienone is 1. The number of hydrogen-bond donors (Lipinski definition) is 0. The van der Waals surface area contributed by atoms with E-state index in [1.807, 2.05) is 19.0 Å². The zero-order chi connectivity index (χ0) is 9.78. The van der Waals surface area contributed by atoms with Gasteiger partial charge in [0.15, 0.2) is 9.84 Å². The summed E-state index contributed by atoms with van der Waals surface area (Å²) < 4.78 is 22.4. The molecule has 0 saturated heterocycles. The third-order valence-corrected chi connectivity index (χ3v) is 3.16. The van der Waals surface area contributed by atoms with Gasteiger partial charge in [0, 0.05) is 12.8 Å². The van der Waals surface area contributed by atoms with E-state index in [2.05, 4.69) is 6.58 Å². The molecule has 0 aliphatic carbocycles. The molecule has 72 valence electrons. The molecule has 0 heterocycles. The van der Waals surface area contributed by atoms with Gasteiger partial charge in [-0.3, -0.25) is 0 Å². The van der Waals surface area contributed by atoms with Crippen molar-refractivity contribution < 1.29 is 8.42 Å². The third-order valence-electron chi connectivity index (χ3n) is 1.60. The molecule has 0 N–H and O–H groups in total. The first-order valence-corrected chi connectivity index (χ1v) is 5.78. The predicted molar refractivity (Wildman–Crippen MR) is 52.0 cm³/mol. The summed E-state index contributed by atoms with van der Waals surface area (Å²) >= 11 is 0. The molecule has 4 heteroatoms. The lowest BCUT2D eigenvalue weighted by Crippen LogP contribution is -2.31. The van der Waals surface area contributed by atoms with Crippen molar-refractivity contribution in [3.05, 3.63) is 12.7 Å². The molecule has 0 saturated carbocycles. The molecule has 3 nitrogen and oxygen atoms in total. The SMILES string of the molecule is C=CCC(CN(C)C)S(C)(=O)=O. The molecule has 0 aliphatic rings. The second-order valence-corrected chi connectivity index (χ2v) is 5.56. The normalized spacial score (nSPS) is 14.7. The summed E-state index contributed by atoms with van der Waals surface area (Å²) in [6, 6.07) is 0. The fraction of sp³-hybridized carbons (Fsp3) is 0.750. The smallest absolute Gasteiger partial charge is 0.151 e. The second-order valence-electron chi connectivity index (χ2n) is 3.24. The lowest BCUT2D eigenvalue weighted by Gasteiger charge is -2.17. The zero-order valence-corrected chi connectivity index (χ0v) is 8.76. The average molecular weight is 191 g/mol. The lowest BCUT2D eigenvalue weighted by atomic mass is 10.3. The third kappa shape index (κ3) is 4.51. The second kappa shape index (κ2) is 4.62. The number of hydrogen-bond acceptors (Lipinski definition) is 3. The molecule has 0 aliphatic heterocycles. The highest BCUT2D eigenvalue weighted by molar-refractivity contribution is 7.91. The fourth-order valence-corrected chi connectivity index (χ4v) is 2.03. The van der Waals surface area contributed by atoms with Crippen molar-refractivity contribution in [3.63, 3.8) is 0 Å². The summed E-state index contributed by atoms with van der Waals surface area (Å²) in [6.45, 7) is 4.10. The van der Waals surface area contributed by atoms with Gasteiger partial charge in [-0.25, -0.2) is 8.42 Å². The Hall–Kier alpha value is -0.350. The zero-order valence-electron chi connectivity index (χ0n) is 7.95. The van der Waals surface area contributed by atoms with Gasteiger partial charge in [-0.05, 0) is 20.5 Å². The molecule has 0 aromatic rings. The first kappa shape index (κ1) is 11.6. The van der Waals surface area contributed by atoms with E-state index in [4.69, 9.17) is 0 Å². The summed E-state index contributed by atoms with van der Waals surface area (Å²) in [6.07, 6.45) is 3.44. The van der Waals surface area contributed by atoms with Crippen LogP contribution in [-0.4, -0.2) is 45.5 Å². The molecule has 0 aromatic carbocycles. The molecule has 0 aromatic heterocycles. The van der Waals surface area contributed by atoms with E-state index in [0.29, 0.717) is 13.0 Å². The summed E-state index contributed by atoms with van der Waals surface area (Å²) in [5, 5.41) is -0.315. The van der Waals surface area contributed by atoms with Crippen molar-refractivity contribution in [2.45, 2.75) is 11.7 Å². The summed E-state index contributed by atoms with van der Waals surface area (Å²) in [7, 11) is 0.790. The molecule has 0 rings (SSSR count). The number of rotatable bonds is 5. The van der Waals surface area contributed by atoms with Crippen molar-refractivity contribution in [1.29, 1.82) is 0 Å². The van der Waals surface area contributed by atoms with Crippen molar-refractivity contribution >= 4 is 9.84 Å². The molecule has 0 fully saturated rings. The molecular formula is C8H17NO2S. The molecule has 0 spiro atoms. The lowest BCUT2D eigenvalue weighted by molar-refractivity contribution is 0.399. The van der Waals surface area contributed by atoms with Crippen molar-refractivity contribution in [1.82, 2.24) is 4.90 Å². The summed E-state index contributed by atoms with van der Waals surface area (Å²) in [5.41, 5.74) is 0. The van der Waals surface area contributed by atoms with Crippen LogP contribution in [0.1, 0.15) is 6.42 Å². The van der Waals surface area contributed by atoms with Gasteiger partial charge in [-0.15, -0.1) is 6.58 Å². The van der Waals surface area contributed by atoms with Crippen LogP contribution in [0, 0.1) is 0 Å². The van der Waals surface area contributed by atoms with Gasteiger partial charge in [-0.1, -0.05) is 6.08 Å².